The van der Waals surface area contributed by atoms with E-state index < -0.39 is 5.41 Å². The number of anilines is 3. The van der Waals surface area contributed by atoms with E-state index >= 15 is 0 Å². The van der Waals surface area contributed by atoms with Crippen molar-refractivity contribution in [1.29, 1.82) is 5.26 Å². The lowest BCUT2D eigenvalue weighted by molar-refractivity contribution is -0.132. The maximum atomic E-state index is 12.8. The Labute approximate surface area is 210 Å². The average molecular weight is 487 g/mol. The fourth-order valence-electron chi connectivity index (χ4n) is 4.90. The highest BCUT2D eigenvalue weighted by molar-refractivity contribution is 5.77. The minimum atomic E-state index is -0.476. The summed E-state index contributed by atoms with van der Waals surface area (Å²) in [5, 5.41) is 30.7. The number of amides is 1. The van der Waals surface area contributed by atoms with Crippen LogP contribution >= 0.6 is 0 Å². The SMILES string of the molecule is Cc1cc(Nc2nccc(-c3cc(C#N)c4c(c3)[C@@](C)(CO)CN4)n2)n(CC(=O)N2CCCCC2)n1. The highest BCUT2D eigenvalue weighted by Gasteiger charge is 2.36. The molecule has 10 nitrogen and oxygen atoms in total. The maximum Gasteiger partial charge on any atom is 0.244 e. The Morgan fingerprint density at radius 2 is 2.08 bits per heavy atom. The van der Waals surface area contributed by atoms with E-state index in [9.17, 15) is 15.2 Å². The van der Waals surface area contributed by atoms with Gasteiger partial charge in [0.1, 0.15) is 18.4 Å². The predicted molar refractivity (Wildman–Crippen MR) is 136 cm³/mol. The molecule has 2 aliphatic rings. The molecule has 0 aliphatic carbocycles. The van der Waals surface area contributed by atoms with Crippen LogP contribution in [0.5, 0.6) is 0 Å². The number of aliphatic hydroxyl groups excluding tert-OH is 1. The Morgan fingerprint density at radius 3 is 2.83 bits per heavy atom. The molecule has 2 aliphatic heterocycles. The van der Waals surface area contributed by atoms with E-state index in [-0.39, 0.29) is 19.1 Å². The number of likely N-dealkylation sites (tertiary alicyclic amines) is 1. The van der Waals surface area contributed by atoms with Gasteiger partial charge in [0.2, 0.25) is 11.9 Å². The molecule has 186 valence electrons. The van der Waals surface area contributed by atoms with Crippen LogP contribution in [0.2, 0.25) is 0 Å². The highest BCUT2D eigenvalue weighted by Crippen LogP contribution is 2.41. The van der Waals surface area contributed by atoms with Crippen LogP contribution in [0.4, 0.5) is 17.5 Å². The zero-order valence-electron chi connectivity index (χ0n) is 20.6. The van der Waals surface area contributed by atoms with Crippen molar-refractivity contribution < 1.29 is 9.90 Å². The molecule has 10 heteroatoms. The van der Waals surface area contributed by atoms with Crippen LogP contribution in [0.3, 0.4) is 0 Å². The number of hydrogen-bond donors (Lipinski definition) is 3. The molecule has 0 unspecified atom stereocenters. The van der Waals surface area contributed by atoms with Gasteiger partial charge >= 0.3 is 0 Å². The van der Waals surface area contributed by atoms with Gasteiger partial charge in [0.05, 0.1) is 29.2 Å². The van der Waals surface area contributed by atoms with Crippen molar-refractivity contribution in [2.75, 3.05) is 36.9 Å². The average Bonchev–Trinajstić information content (AvgIpc) is 3.43. The van der Waals surface area contributed by atoms with Crippen molar-refractivity contribution >= 4 is 23.4 Å². The largest absolute Gasteiger partial charge is 0.395 e. The lowest BCUT2D eigenvalue weighted by Gasteiger charge is -2.26. The van der Waals surface area contributed by atoms with Gasteiger partial charge in [0.25, 0.3) is 0 Å². The molecule has 1 fully saturated rings. The third-order valence-electron chi connectivity index (χ3n) is 7.00. The summed E-state index contributed by atoms with van der Waals surface area (Å²) in [5.74, 6) is 1.05. The monoisotopic (exact) mass is 486 g/mol. The third-order valence-corrected chi connectivity index (χ3v) is 7.00. The number of hydrogen-bond acceptors (Lipinski definition) is 8. The van der Waals surface area contributed by atoms with Crippen molar-refractivity contribution in [2.45, 2.75) is 45.1 Å². The molecule has 1 aromatic carbocycles. The fourth-order valence-corrected chi connectivity index (χ4v) is 4.90. The zero-order chi connectivity index (χ0) is 25.3. The second-order valence-electron chi connectivity index (χ2n) is 9.79. The highest BCUT2D eigenvalue weighted by atomic mass is 16.3. The predicted octanol–water partition coefficient (Wildman–Crippen LogP) is 2.95. The molecule has 2 aromatic heterocycles. The van der Waals surface area contributed by atoms with E-state index in [1.54, 1.807) is 23.0 Å². The van der Waals surface area contributed by atoms with Gasteiger partial charge in [-0.15, -0.1) is 0 Å². The van der Waals surface area contributed by atoms with Crippen LogP contribution in [0.1, 0.15) is 43.0 Å². The number of aromatic nitrogens is 4. The standard InChI is InChI=1S/C26H30N8O2/c1-17-10-22(34(32-17)14-23(36)33-8-4-3-5-9-33)31-25-28-7-6-21(30-25)18-11-19(13-27)24-20(12-18)26(2,16-35)15-29-24/h6-7,10-12,29,35H,3-5,8-9,14-16H2,1-2H3,(H,28,30,31)/t26-/m1/s1. The summed E-state index contributed by atoms with van der Waals surface area (Å²) in [5.41, 5.74) is 3.90. The number of nitrogens with one attached hydrogen (secondary N) is 2. The van der Waals surface area contributed by atoms with Crippen LogP contribution < -0.4 is 10.6 Å². The molecule has 0 saturated carbocycles. The van der Waals surface area contributed by atoms with Crippen LogP contribution in [0, 0.1) is 18.3 Å². The first-order valence-electron chi connectivity index (χ1n) is 12.3. The summed E-state index contributed by atoms with van der Waals surface area (Å²) >= 11 is 0. The number of carbonyl (C=O) groups excluding carboxylic acids is 1. The molecule has 0 radical (unpaired) electrons. The lowest BCUT2D eigenvalue weighted by Crippen LogP contribution is -2.38. The van der Waals surface area contributed by atoms with Gasteiger partial charge in [-0.05, 0) is 49.9 Å². The van der Waals surface area contributed by atoms with Crippen molar-refractivity contribution in [3.63, 3.8) is 0 Å². The van der Waals surface area contributed by atoms with E-state index in [4.69, 9.17) is 0 Å². The molecule has 1 amide bonds. The Bertz CT molecular complexity index is 1340. The van der Waals surface area contributed by atoms with Crippen molar-refractivity contribution in [1.82, 2.24) is 24.6 Å². The van der Waals surface area contributed by atoms with Gasteiger partial charge in [-0.1, -0.05) is 6.92 Å². The summed E-state index contributed by atoms with van der Waals surface area (Å²) in [7, 11) is 0. The van der Waals surface area contributed by atoms with E-state index in [0.717, 1.165) is 48.4 Å². The fraction of sp³-hybridized carbons (Fsp3) is 0.423. The Kier molecular flexibility index (Phi) is 6.33. The molecule has 3 N–H and O–H groups in total. The van der Waals surface area contributed by atoms with Crippen molar-refractivity contribution in [3.8, 4) is 17.3 Å². The molecular formula is C26H30N8O2. The number of nitrogens with zero attached hydrogens (tertiary/aromatic N) is 6. The number of carbonyl (C=O) groups is 1. The summed E-state index contributed by atoms with van der Waals surface area (Å²) < 4.78 is 1.66. The number of benzene rings is 1. The Morgan fingerprint density at radius 1 is 1.28 bits per heavy atom. The van der Waals surface area contributed by atoms with Gasteiger partial charge in [0.15, 0.2) is 0 Å². The quantitative estimate of drug-likeness (QED) is 0.485. The summed E-state index contributed by atoms with van der Waals surface area (Å²) in [6, 6.07) is 9.68. The molecule has 0 bridgehead atoms. The molecule has 3 aromatic rings. The lowest BCUT2D eigenvalue weighted by atomic mass is 9.83. The molecular weight excluding hydrogens is 456 g/mol. The van der Waals surface area contributed by atoms with E-state index in [2.05, 4.69) is 31.8 Å². The number of nitriles is 1. The smallest absolute Gasteiger partial charge is 0.244 e. The Hall–Kier alpha value is -3.97. The van der Waals surface area contributed by atoms with Gasteiger partial charge in [-0.25, -0.2) is 14.6 Å². The zero-order valence-corrected chi connectivity index (χ0v) is 20.6. The molecule has 36 heavy (non-hydrogen) atoms. The summed E-state index contributed by atoms with van der Waals surface area (Å²) in [4.78, 5) is 23.8. The molecule has 1 saturated heterocycles. The molecule has 0 spiro atoms. The minimum Gasteiger partial charge on any atom is -0.395 e. The number of aliphatic hydroxyl groups is 1. The summed E-state index contributed by atoms with van der Waals surface area (Å²) in [6.45, 7) is 6.12. The third kappa shape index (κ3) is 4.50. The second-order valence-corrected chi connectivity index (χ2v) is 9.79. The van der Waals surface area contributed by atoms with Crippen LogP contribution in [-0.4, -0.2) is 61.9 Å². The first-order valence-corrected chi connectivity index (χ1v) is 12.3. The first-order chi connectivity index (χ1) is 17.4. The topological polar surface area (TPSA) is 132 Å². The summed E-state index contributed by atoms with van der Waals surface area (Å²) in [6.07, 6.45) is 4.90. The second kappa shape index (κ2) is 9.59. The Balaban J connectivity index is 1.41. The normalized spacial score (nSPS) is 18.9. The van der Waals surface area contributed by atoms with Gasteiger partial charge in [0, 0.05) is 42.9 Å². The van der Waals surface area contributed by atoms with Gasteiger partial charge in [-0.3, -0.25) is 4.79 Å². The van der Waals surface area contributed by atoms with E-state index in [1.165, 1.54) is 6.42 Å². The van der Waals surface area contributed by atoms with Crippen LogP contribution in [-0.2, 0) is 16.8 Å². The molecule has 1 atom stereocenters. The number of aryl methyl sites for hydroxylation is 1. The first kappa shape index (κ1) is 23.8. The van der Waals surface area contributed by atoms with Crippen molar-refractivity contribution in [2.24, 2.45) is 0 Å². The van der Waals surface area contributed by atoms with Crippen molar-refractivity contribution in [3.05, 3.63) is 47.3 Å². The van der Waals surface area contributed by atoms with Crippen LogP contribution in [0.25, 0.3) is 11.3 Å². The number of fused-ring (bicyclic) bond motifs is 1. The van der Waals surface area contributed by atoms with Gasteiger partial charge < -0.3 is 20.6 Å². The van der Waals surface area contributed by atoms with E-state index in [0.29, 0.717) is 29.6 Å². The minimum absolute atomic E-state index is 0.0304. The van der Waals surface area contributed by atoms with Gasteiger partial charge in [-0.2, -0.15) is 10.4 Å². The number of rotatable bonds is 6. The van der Waals surface area contributed by atoms with Crippen LogP contribution in [0.15, 0.2) is 30.5 Å². The van der Waals surface area contributed by atoms with E-state index in [1.807, 2.05) is 30.9 Å². The molecule has 5 rings (SSSR count). The molecule has 4 heterocycles. The number of piperidine rings is 1. The maximum absolute atomic E-state index is 12.8.